The highest BCUT2D eigenvalue weighted by molar-refractivity contribution is 5.06. The van der Waals surface area contributed by atoms with E-state index in [-0.39, 0.29) is 5.60 Å². The molecule has 1 saturated heterocycles. The van der Waals surface area contributed by atoms with Crippen LogP contribution >= 0.6 is 0 Å². The second kappa shape index (κ2) is 6.06. The van der Waals surface area contributed by atoms with Crippen molar-refractivity contribution in [3.8, 4) is 0 Å². The van der Waals surface area contributed by atoms with E-state index in [0.29, 0.717) is 6.10 Å². The number of hydrogen-bond donors (Lipinski definition) is 1. The molecule has 1 fully saturated rings. The van der Waals surface area contributed by atoms with Crippen LogP contribution in [-0.4, -0.2) is 34.6 Å². The summed E-state index contributed by atoms with van der Waals surface area (Å²) >= 11 is 0. The van der Waals surface area contributed by atoms with Gasteiger partial charge in [0.1, 0.15) is 0 Å². The average molecular weight is 265 g/mol. The summed E-state index contributed by atoms with van der Waals surface area (Å²) in [4.78, 5) is 0. The standard InChI is InChI=1S/C15H27N3O/c1-12-10-13(2)18(17-12)9-5-8-16-11-14-6-7-15(3,4)19-14/h10,14,16H,5-9,11H2,1-4H3. The Morgan fingerprint density at radius 3 is 2.84 bits per heavy atom. The second-order valence-corrected chi connectivity index (χ2v) is 6.25. The largest absolute Gasteiger partial charge is 0.371 e. The summed E-state index contributed by atoms with van der Waals surface area (Å²) in [6.07, 6.45) is 3.85. The Morgan fingerprint density at radius 1 is 1.47 bits per heavy atom. The third-order valence-electron chi connectivity index (χ3n) is 3.75. The van der Waals surface area contributed by atoms with Crippen molar-refractivity contribution in [2.45, 2.75) is 65.2 Å². The van der Waals surface area contributed by atoms with Gasteiger partial charge in [0.15, 0.2) is 0 Å². The van der Waals surface area contributed by atoms with Crippen LogP contribution in [0.15, 0.2) is 6.07 Å². The molecule has 4 nitrogen and oxygen atoms in total. The molecule has 0 radical (unpaired) electrons. The molecule has 1 aliphatic rings. The first-order valence-electron chi connectivity index (χ1n) is 7.36. The fourth-order valence-electron chi connectivity index (χ4n) is 2.74. The molecule has 1 aromatic heterocycles. The van der Waals surface area contributed by atoms with Crippen LogP contribution in [0.5, 0.6) is 0 Å². The molecule has 1 aliphatic heterocycles. The minimum atomic E-state index is 0.0794. The van der Waals surface area contributed by atoms with Crippen molar-refractivity contribution < 1.29 is 4.74 Å². The number of aryl methyl sites for hydroxylation is 3. The van der Waals surface area contributed by atoms with Crippen molar-refractivity contribution in [3.63, 3.8) is 0 Å². The molecule has 108 valence electrons. The lowest BCUT2D eigenvalue weighted by atomic mass is 10.1. The highest BCUT2D eigenvalue weighted by Crippen LogP contribution is 2.28. The van der Waals surface area contributed by atoms with Crippen LogP contribution in [0.25, 0.3) is 0 Å². The predicted octanol–water partition coefficient (Wildman–Crippen LogP) is 2.44. The van der Waals surface area contributed by atoms with Crippen molar-refractivity contribution in [1.29, 1.82) is 0 Å². The smallest absolute Gasteiger partial charge is 0.0707 e. The molecular weight excluding hydrogens is 238 g/mol. The van der Waals surface area contributed by atoms with Gasteiger partial charge in [-0.1, -0.05) is 0 Å². The zero-order valence-electron chi connectivity index (χ0n) is 12.7. The van der Waals surface area contributed by atoms with Crippen molar-refractivity contribution in [1.82, 2.24) is 15.1 Å². The highest BCUT2D eigenvalue weighted by atomic mass is 16.5. The number of rotatable bonds is 6. The molecule has 1 N–H and O–H groups in total. The summed E-state index contributed by atoms with van der Waals surface area (Å²) in [6.45, 7) is 11.5. The molecule has 19 heavy (non-hydrogen) atoms. The summed E-state index contributed by atoms with van der Waals surface area (Å²) in [7, 11) is 0. The van der Waals surface area contributed by atoms with Gasteiger partial charge in [-0.3, -0.25) is 4.68 Å². The van der Waals surface area contributed by atoms with Crippen LogP contribution in [-0.2, 0) is 11.3 Å². The number of nitrogens with zero attached hydrogens (tertiary/aromatic N) is 2. The fourth-order valence-corrected chi connectivity index (χ4v) is 2.74. The Balaban J connectivity index is 1.59. The van der Waals surface area contributed by atoms with Crippen LogP contribution < -0.4 is 5.32 Å². The molecular formula is C15H27N3O. The normalized spacial score (nSPS) is 22.0. The Kier molecular flexibility index (Phi) is 4.63. The molecule has 2 heterocycles. The Labute approximate surface area is 116 Å². The molecule has 0 aromatic carbocycles. The van der Waals surface area contributed by atoms with Gasteiger partial charge in [0.2, 0.25) is 0 Å². The first kappa shape index (κ1) is 14.5. The summed E-state index contributed by atoms with van der Waals surface area (Å²) in [5.41, 5.74) is 2.43. The number of hydrogen-bond acceptors (Lipinski definition) is 3. The lowest BCUT2D eigenvalue weighted by molar-refractivity contribution is -0.0141. The van der Waals surface area contributed by atoms with Crippen molar-refractivity contribution in [2.24, 2.45) is 0 Å². The SMILES string of the molecule is Cc1cc(C)n(CCCNCC2CCC(C)(C)O2)n1. The van der Waals surface area contributed by atoms with Gasteiger partial charge in [-0.05, 0) is 59.6 Å². The lowest BCUT2D eigenvalue weighted by Gasteiger charge is -2.19. The number of ether oxygens (including phenoxy) is 1. The second-order valence-electron chi connectivity index (χ2n) is 6.25. The van der Waals surface area contributed by atoms with Gasteiger partial charge in [-0.2, -0.15) is 5.10 Å². The van der Waals surface area contributed by atoms with Gasteiger partial charge in [0, 0.05) is 18.8 Å². The Morgan fingerprint density at radius 2 is 2.26 bits per heavy atom. The zero-order chi connectivity index (χ0) is 13.9. The van der Waals surface area contributed by atoms with Crippen molar-refractivity contribution >= 4 is 0 Å². The van der Waals surface area contributed by atoms with Crippen LogP contribution in [0.3, 0.4) is 0 Å². The van der Waals surface area contributed by atoms with E-state index in [9.17, 15) is 0 Å². The highest BCUT2D eigenvalue weighted by Gasteiger charge is 2.30. The first-order valence-corrected chi connectivity index (χ1v) is 7.36. The number of aromatic nitrogens is 2. The summed E-state index contributed by atoms with van der Waals surface area (Å²) in [5, 5.41) is 7.96. The van der Waals surface area contributed by atoms with Gasteiger partial charge in [-0.25, -0.2) is 0 Å². The molecule has 2 rings (SSSR count). The Hall–Kier alpha value is -0.870. The summed E-state index contributed by atoms with van der Waals surface area (Å²) in [5.74, 6) is 0. The minimum absolute atomic E-state index is 0.0794. The maximum absolute atomic E-state index is 5.96. The quantitative estimate of drug-likeness (QED) is 0.803. The monoisotopic (exact) mass is 265 g/mol. The summed E-state index contributed by atoms with van der Waals surface area (Å²) < 4.78 is 8.05. The van der Waals surface area contributed by atoms with Crippen LogP contribution in [0.4, 0.5) is 0 Å². The van der Waals surface area contributed by atoms with Crippen molar-refractivity contribution in [2.75, 3.05) is 13.1 Å². The van der Waals surface area contributed by atoms with E-state index in [2.05, 4.69) is 41.9 Å². The van der Waals surface area contributed by atoms with Crippen molar-refractivity contribution in [3.05, 3.63) is 17.5 Å². The van der Waals surface area contributed by atoms with Gasteiger partial charge >= 0.3 is 0 Å². The van der Waals surface area contributed by atoms with E-state index in [4.69, 9.17) is 4.74 Å². The summed E-state index contributed by atoms with van der Waals surface area (Å²) in [6, 6.07) is 2.13. The fraction of sp³-hybridized carbons (Fsp3) is 0.800. The topological polar surface area (TPSA) is 39.1 Å². The lowest BCUT2D eigenvalue weighted by Crippen LogP contribution is -2.30. The van der Waals surface area contributed by atoms with E-state index in [1.165, 1.54) is 18.5 Å². The average Bonchev–Trinajstić information content (AvgIpc) is 2.81. The molecule has 0 bridgehead atoms. The number of nitrogens with one attached hydrogen (secondary N) is 1. The maximum Gasteiger partial charge on any atom is 0.0707 e. The van der Waals surface area contributed by atoms with Crippen LogP contribution in [0.1, 0.15) is 44.5 Å². The minimum Gasteiger partial charge on any atom is -0.371 e. The molecule has 1 unspecified atom stereocenters. The molecule has 0 aliphatic carbocycles. The molecule has 0 spiro atoms. The van der Waals surface area contributed by atoms with E-state index in [1.54, 1.807) is 0 Å². The van der Waals surface area contributed by atoms with E-state index in [1.807, 2.05) is 6.92 Å². The molecule has 1 atom stereocenters. The predicted molar refractivity (Wildman–Crippen MR) is 77.4 cm³/mol. The zero-order valence-corrected chi connectivity index (χ0v) is 12.7. The molecule has 1 aromatic rings. The van der Waals surface area contributed by atoms with E-state index in [0.717, 1.165) is 31.7 Å². The van der Waals surface area contributed by atoms with Gasteiger partial charge < -0.3 is 10.1 Å². The molecule has 0 saturated carbocycles. The van der Waals surface area contributed by atoms with Crippen LogP contribution in [0.2, 0.25) is 0 Å². The third kappa shape index (κ3) is 4.32. The first-order chi connectivity index (χ1) is 8.96. The van der Waals surface area contributed by atoms with E-state index < -0.39 is 0 Å². The van der Waals surface area contributed by atoms with Crippen LogP contribution in [0, 0.1) is 13.8 Å². The third-order valence-corrected chi connectivity index (χ3v) is 3.75. The van der Waals surface area contributed by atoms with Gasteiger partial charge in [-0.15, -0.1) is 0 Å². The van der Waals surface area contributed by atoms with E-state index >= 15 is 0 Å². The maximum atomic E-state index is 5.96. The van der Waals surface area contributed by atoms with Gasteiger partial charge in [0.25, 0.3) is 0 Å². The molecule has 4 heteroatoms. The van der Waals surface area contributed by atoms with Gasteiger partial charge in [0.05, 0.1) is 17.4 Å². The Bertz CT molecular complexity index is 412. The molecule has 0 amide bonds.